The number of nitrogens with one attached hydrogen (secondary N) is 1. The van der Waals surface area contributed by atoms with Gasteiger partial charge in [0, 0.05) is 6.04 Å². The summed E-state index contributed by atoms with van der Waals surface area (Å²) in [6.45, 7) is 2.43. The van der Waals surface area contributed by atoms with Gasteiger partial charge in [-0.2, -0.15) is 0 Å². The molecule has 0 radical (unpaired) electrons. The Kier molecular flexibility index (Phi) is 5.22. The van der Waals surface area contributed by atoms with Crippen molar-refractivity contribution in [2.45, 2.75) is 38.6 Å². The Bertz CT molecular complexity index is 753. The van der Waals surface area contributed by atoms with E-state index in [4.69, 9.17) is 4.74 Å². The van der Waals surface area contributed by atoms with Crippen LogP contribution >= 0.6 is 15.9 Å². The van der Waals surface area contributed by atoms with Crippen molar-refractivity contribution in [2.75, 3.05) is 6.61 Å². The highest BCUT2D eigenvalue weighted by molar-refractivity contribution is 9.10. The first-order chi connectivity index (χ1) is 12.0. The van der Waals surface area contributed by atoms with Gasteiger partial charge in [0.2, 0.25) is 0 Å². The van der Waals surface area contributed by atoms with Gasteiger partial charge in [-0.3, -0.25) is 19.8 Å². The number of rotatable bonds is 4. The Morgan fingerprint density at radius 2 is 2.00 bits per heavy atom. The number of hydrogen-bond acceptors (Lipinski definition) is 4. The third-order valence-electron chi connectivity index (χ3n) is 4.39. The van der Waals surface area contributed by atoms with E-state index in [0.717, 1.165) is 30.2 Å². The predicted octanol–water partition coefficient (Wildman–Crippen LogP) is 3.25. The average Bonchev–Trinajstić information content (AvgIpc) is 3.08. The standard InChI is InChI=1S/C18H19BrN2O4/c1-2-25-15-8-7-11(10-14(15)19)9-13-16(22)20-18(24)21(17(13)23)12-5-3-4-6-12/h7-10,12H,2-6H2,1H3,(H,20,22,24)/b13-9+. The smallest absolute Gasteiger partial charge is 0.331 e. The lowest BCUT2D eigenvalue weighted by atomic mass is 10.1. The van der Waals surface area contributed by atoms with Gasteiger partial charge in [0.15, 0.2) is 0 Å². The Hall–Kier alpha value is -2.15. The topological polar surface area (TPSA) is 75.7 Å². The molecule has 1 saturated heterocycles. The highest BCUT2D eigenvalue weighted by atomic mass is 79.9. The van der Waals surface area contributed by atoms with E-state index in [1.165, 1.54) is 11.0 Å². The Morgan fingerprint density at radius 1 is 1.28 bits per heavy atom. The number of benzene rings is 1. The lowest BCUT2D eigenvalue weighted by molar-refractivity contribution is -0.131. The fraction of sp³-hybridized carbons (Fsp3) is 0.389. The fourth-order valence-corrected chi connectivity index (χ4v) is 3.72. The van der Waals surface area contributed by atoms with Crippen molar-refractivity contribution in [3.8, 4) is 5.75 Å². The Labute approximate surface area is 154 Å². The summed E-state index contributed by atoms with van der Waals surface area (Å²) in [6, 6.07) is 4.56. The van der Waals surface area contributed by atoms with E-state index in [2.05, 4.69) is 21.2 Å². The zero-order chi connectivity index (χ0) is 18.0. The van der Waals surface area contributed by atoms with Gasteiger partial charge in [-0.15, -0.1) is 0 Å². The number of amides is 4. The molecule has 1 aromatic carbocycles. The summed E-state index contributed by atoms with van der Waals surface area (Å²) in [4.78, 5) is 38.2. The molecule has 1 heterocycles. The average molecular weight is 407 g/mol. The molecule has 1 aliphatic carbocycles. The zero-order valence-corrected chi connectivity index (χ0v) is 15.5. The number of carbonyl (C=O) groups excluding carboxylic acids is 3. The van der Waals surface area contributed by atoms with Gasteiger partial charge < -0.3 is 4.74 Å². The van der Waals surface area contributed by atoms with Crippen LogP contribution in [0.2, 0.25) is 0 Å². The molecule has 4 amide bonds. The van der Waals surface area contributed by atoms with Crippen LogP contribution in [-0.4, -0.2) is 35.4 Å². The quantitative estimate of drug-likeness (QED) is 0.614. The first kappa shape index (κ1) is 17.7. The van der Waals surface area contributed by atoms with Gasteiger partial charge in [0.05, 0.1) is 11.1 Å². The van der Waals surface area contributed by atoms with E-state index in [1.54, 1.807) is 18.2 Å². The molecule has 25 heavy (non-hydrogen) atoms. The van der Waals surface area contributed by atoms with Crippen LogP contribution in [0, 0.1) is 0 Å². The summed E-state index contributed by atoms with van der Waals surface area (Å²) in [6.07, 6.45) is 5.05. The van der Waals surface area contributed by atoms with Crippen molar-refractivity contribution >= 4 is 39.9 Å². The van der Waals surface area contributed by atoms with Crippen LogP contribution in [0.15, 0.2) is 28.2 Å². The summed E-state index contributed by atoms with van der Waals surface area (Å²) >= 11 is 3.41. The monoisotopic (exact) mass is 406 g/mol. The molecule has 2 aliphatic rings. The molecule has 0 unspecified atom stereocenters. The number of ether oxygens (including phenoxy) is 1. The van der Waals surface area contributed by atoms with Crippen LogP contribution in [-0.2, 0) is 9.59 Å². The highest BCUT2D eigenvalue weighted by Crippen LogP contribution is 2.29. The van der Waals surface area contributed by atoms with Crippen LogP contribution in [0.1, 0.15) is 38.2 Å². The third kappa shape index (κ3) is 3.61. The second-order valence-electron chi connectivity index (χ2n) is 6.05. The van der Waals surface area contributed by atoms with Crippen molar-refractivity contribution in [1.82, 2.24) is 10.2 Å². The minimum absolute atomic E-state index is 0.0254. The molecule has 3 rings (SSSR count). The summed E-state index contributed by atoms with van der Waals surface area (Å²) in [5.74, 6) is -0.494. The summed E-state index contributed by atoms with van der Waals surface area (Å²) < 4.78 is 6.19. The van der Waals surface area contributed by atoms with Crippen molar-refractivity contribution < 1.29 is 19.1 Å². The first-order valence-electron chi connectivity index (χ1n) is 8.34. The summed E-state index contributed by atoms with van der Waals surface area (Å²) in [5.41, 5.74) is 0.650. The second-order valence-corrected chi connectivity index (χ2v) is 6.91. The maximum absolute atomic E-state index is 12.7. The highest BCUT2D eigenvalue weighted by Gasteiger charge is 2.40. The lowest BCUT2D eigenvalue weighted by Gasteiger charge is -2.31. The van der Waals surface area contributed by atoms with Gasteiger partial charge in [-0.1, -0.05) is 18.9 Å². The van der Waals surface area contributed by atoms with E-state index in [-0.39, 0.29) is 11.6 Å². The van der Waals surface area contributed by atoms with E-state index in [9.17, 15) is 14.4 Å². The van der Waals surface area contributed by atoms with Crippen LogP contribution in [0.4, 0.5) is 4.79 Å². The zero-order valence-electron chi connectivity index (χ0n) is 13.9. The van der Waals surface area contributed by atoms with E-state index in [1.807, 2.05) is 6.92 Å². The van der Waals surface area contributed by atoms with Gasteiger partial charge in [-0.05, 0) is 59.5 Å². The molecule has 0 spiro atoms. The normalized spacial score (nSPS) is 20.3. The maximum Gasteiger partial charge on any atom is 0.331 e. The number of urea groups is 1. The molecular formula is C18H19BrN2O4. The van der Waals surface area contributed by atoms with E-state index >= 15 is 0 Å². The largest absolute Gasteiger partial charge is 0.493 e. The van der Waals surface area contributed by atoms with Gasteiger partial charge in [-0.25, -0.2) is 4.79 Å². The number of hydrogen-bond donors (Lipinski definition) is 1. The third-order valence-corrected chi connectivity index (χ3v) is 5.01. The Balaban J connectivity index is 1.90. The molecule has 0 aromatic heterocycles. The van der Waals surface area contributed by atoms with Gasteiger partial charge in [0.1, 0.15) is 11.3 Å². The predicted molar refractivity (Wildman–Crippen MR) is 95.9 cm³/mol. The van der Waals surface area contributed by atoms with Crippen molar-refractivity contribution in [2.24, 2.45) is 0 Å². The molecule has 6 nitrogen and oxygen atoms in total. The number of barbiturate groups is 1. The number of imide groups is 2. The number of nitrogens with zero attached hydrogens (tertiary/aromatic N) is 1. The molecule has 1 saturated carbocycles. The molecule has 1 aliphatic heterocycles. The molecular weight excluding hydrogens is 388 g/mol. The molecule has 2 fully saturated rings. The minimum atomic E-state index is -0.658. The summed E-state index contributed by atoms with van der Waals surface area (Å²) in [5, 5.41) is 2.28. The maximum atomic E-state index is 12.7. The molecule has 132 valence electrons. The van der Waals surface area contributed by atoms with Crippen molar-refractivity contribution in [1.29, 1.82) is 0 Å². The SMILES string of the molecule is CCOc1ccc(/C=C2\C(=O)NC(=O)N(C3CCCC3)C2=O)cc1Br. The van der Waals surface area contributed by atoms with E-state index < -0.39 is 17.8 Å². The molecule has 0 atom stereocenters. The minimum Gasteiger partial charge on any atom is -0.493 e. The molecule has 1 aromatic rings. The summed E-state index contributed by atoms with van der Waals surface area (Å²) in [7, 11) is 0. The fourth-order valence-electron chi connectivity index (χ4n) is 3.21. The van der Waals surface area contributed by atoms with Crippen LogP contribution < -0.4 is 10.1 Å². The van der Waals surface area contributed by atoms with Gasteiger partial charge in [0.25, 0.3) is 11.8 Å². The van der Waals surface area contributed by atoms with E-state index in [0.29, 0.717) is 17.9 Å². The molecule has 0 bridgehead atoms. The molecule has 1 N–H and O–H groups in total. The second kappa shape index (κ2) is 7.39. The van der Waals surface area contributed by atoms with Crippen LogP contribution in [0.5, 0.6) is 5.75 Å². The first-order valence-corrected chi connectivity index (χ1v) is 9.13. The van der Waals surface area contributed by atoms with Crippen molar-refractivity contribution in [3.05, 3.63) is 33.8 Å². The van der Waals surface area contributed by atoms with Gasteiger partial charge >= 0.3 is 6.03 Å². The lowest BCUT2D eigenvalue weighted by Crippen LogP contribution is -2.57. The number of carbonyl (C=O) groups is 3. The molecule has 7 heteroatoms. The number of halogens is 1. The van der Waals surface area contributed by atoms with Crippen LogP contribution in [0.3, 0.4) is 0 Å². The van der Waals surface area contributed by atoms with Crippen molar-refractivity contribution in [3.63, 3.8) is 0 Å². The van der Waals surface area contributed by atoms with Crippen LogP contribution in [0.25, 0.3) is 6.08 Å². The Morgan fingerprint density at radius 3 is 2.64 bits per heavy atom.